The highest BCUT2D eigenvalue weighted by molar-refractivity contribution is 5.53. The third-order valence-corrected chi connectivity index (χ3v) is 6.17. The number of nitrogens with zero attached hydrogens (tertiary/aromatic N) is 5. The highest BCUT2D eigenvalue weighted by atomic mass is 15.3. The Hall–Kier alpha value is -2.15. The van der Waals surface area contributed by atoms with E-state index in [2.05, 4.69) is 36.4 Å². The number of piperidine rings is 2. The van der Waals surface area contributed by atoms with E-state index in [1.165, 1.54) is 63.7 Å². The molecule has 27 heavy (non-hydrogen) atoms. The fourth-order valence-electron chi connectivity index (χ4n) is 4.42. The highest BCUT2D eigenvalue weighted by Crippen LogP contribution is 2.39. The average Bonchev–Trinajstić information content (AvgIpc) is 3.48. The van der Waals surface area contributed by atoms with Crippen LogP contribution in [0, 0.1) is 0 Å². The number of hydrogen-bond donors (Lipinski definition) is 2. The number of H-pyrrole nitrogens is 1. The zero-order valence-electron chi connectivity index (χ0n) is 15.9. The molecule has 0 bridgehead atoms. The Morgan fingerprint density at radius 3 is 2.59 bits per heavy atom. The van der Waals surface area contributed by atoms with Crippen LogP contribution < -0.4 is 10.2 Å². The lowest BCUT2D eigenvalue weighted by molar-refractivity contribution is 0.141. The van der Waals surface area contributed by atoms with Gasteiger partial charge in [-0.1, -0.05) is 6.42 Å². The van der Waals surface area contributed by atoms with Gasteiger partial charge >= 0.3 is 0 Å². The van der Waals surface area contributed by atoms with Gasteiger partial charge in [0.05, 0.1) is 0 Å². The minimum Gasteiger partial charge on any atom is -0.341 e. The molecular weight excluding hydrogens is 338 g/mol. The van der Waals surface area contributed by atoms with E-state index in [1.54, 1.807) is 0 Å². The highest BCUT2D eigenvalue weighted by Gasteiger charge is 2.27. The third kappa shape index (κ3) is 3.93. The number of aromatic amines is 1. The third-order valence-electron chi connectivity index (χ3n) is 6.17. The van der Waals surface area contributed by atoms with E-state index >= 15 is 0 Å². The summed E-state index contributed by atoms with van der Waals surface area (Å²) in [7, 11) is 0. The summed E-state index contributed by atoms with van der Waals surface area (Å²) in [5, 5.41) is 10.8. The molecular formula is C20H33N7. The van der Waals surface area contributed by atoms with Gasteiger partial charge in [0, 0.05) is 45.9 Å². The molecule has 3 aliphatic rings. The van der Waals surface area contributed by atoms with Crippen LogP contribution in [0.3, 0.4) is 0 Å². The first-order valence-corrected chi connectivity index (χ1v) is 10.5. The van der Waals surface area contributed by atoms with Crippen LogP contribution in [0.15, 0.2) is 18.3 Å². The molecule has 1 aliphatic carbocycles. The van der Waals surface area contributed by atoms with Crippen molar-refractivity contribution in [2.75, 3.05) is 36.4 Å². The monoisotopic (exact) mass is 371 g/mol. The minimum absolute atomic E-state index is 0. The lowest BCUT2D eigenvalue weighted by atomic mass is 10.0. The summed E-state index contributed by atoms with van der Waals surface area (Å²) in [4.78, 5) is 14.3. The number of hydrogen-bond acceptors (Lipinski definition) is 6. The van der Waals surface area contributed by atoms with Crippen molar-refractivity contribution in [3.63, 3.8) is 0 Å². The number of aromatic nitrogens is 4. The summed E-state index contributed by atoms with van der Waals surface area (Å²) in [5.74, 6) is 3.16. The Bertz CT molecular complexity index is 766. The second kappa shape index (κ2) is 7.46. The van der Waals surface area contributed by atoms with Crippen LogP contribution in [-0.4, -0.2) is 57.3 Å². The quantitative estimate of drug-likeness (QED) is 0.833. The summed E-state index contributed by atoms with van der Waals surface area (Å²) >= 11 is 0. The molecule has 1 saturated carbocycles. The Morgan fingerprint density at radius 2 is 1.81 bits per heavy atom. The van der Waals surface area contributed by atoms with Gasteiger partial charge in [0.15, 0.2) is 5.82 Å². The molecule has 0 spiro atoms. The van der Waals surface area contributed by atoms with Crippen molar-refractivity contribution in [2.45, 2.75) is 56.9 Å². The largest absolute Gasteiger partial charge is 0.341 e. The van der Waals surface area contributed by atoms with Gasteiger partial charge in [-0.15, -0.1) is 0 Å². The van der Waals surface area contributed by atoms with Crippen LogP contribution in [0.25, 0.3) is 0 Å². The first-order valence-electron chi connectivity index (χ1n) is 10.5. The maximum atomic E-state index is 4.74. The molecule has 7 heteroatoms. The second-order valence-electron chi connectivity index (χ2n) is 8.16. The van der Waals surface area contributed by atoms with E-state index < -0.39 is 0 Å². The molecule has 0 aromatic carbocycles. The molecule has 4 heterocycles. The number of rotatable bonds is 5. The van der Waals surface area contributed by atoms with Crippen molar-refractivity contribution in [3.8, 4) is 0 Å². The fourth-order valence-corrected chi connectivity index (χ4v) is 4.42. The molecule has 0 unspecified atom stereocenters. The SMILES string of the molecule is [HH].[HH].c1cc(Nc2cc(C3CC3)[nH]n2)nc(N2CCC(N3CCCCC3)CC2)n1. The van der Waals surface area contributed by atoms with E-state index in [0.717, 1.165) is 36.7 Å². The number of nitrogens with one attached hydrogen (secondary N) is 2. The van der Waals surface area contributed by atoms with Crippen LogP contribution in [0.1, 0.15) is 59.4 Å². The second-order valence-corrected chi connectivity index (χ2v) is 8.16. The summed E-state index contributed by atoms with van der Waals surface area (Å²) < 4.78 is 0. The van der Waals surface area contributed by atoms with Gasteiger partial charge in [-0.05, 0) is 57.7 Å². The molecule has 2 aliphatic heterocycles. The predicted molar refractivity (Wildman–Crippen MR) is 111 cm³/mol. The molecule has 2 N–H and O–H groups in total. The van der Waals surface area contributed by atoms with Crippen LogP contribution in [0.2, 0.25) is 0 Å². The van der Waals surface area contributed by atoms with Crippen molar-refractivity contribution in [1.29, 1.82) is 0 Å². The summed E-state index contributed by atoms with van der Waals surface area (Å²) in [6, 6.07) is 4.76. The van der Waals surface area contributed by atoms with Gasteiger partial charge in [-0.3, -0.25) is 5.10 Å². The van der Waals surface area contributed by atoms with Crippen molar-refractivity contribution >= 4 is 17.6 Å². The molecule has 0 radical (unpaired) electrons. The van der Waals surface area contributed by atoms with Crippen molar-refractivity contribution < 1.29 is 2.85 Å². The van der Waals surface area contributed by atoms with Crippen LogP contribution in [0.5, 0.6) is 0 Å². The van der Waals surface area contributed by atoms with Gasteiger partial charge < -0.3 is 15.1 Å². The lowest BCUT2D eigenvalue weighted by Gasteiger charge is -2.40. The molecule has 7 nitrogen and oxygen atoms in total. The van der Waals surface area contributed by atoms with E-state index in [-0.39, 0.29) is 2.85 Å². The Morgan fingerprint density at radius 1 is 1.00 bits per heavy atom. The van der Waals surface area contributed by atoms with Crippen LogP contribution in [0.4, 0.5) is 17.6 Å². The Labute approximate surface area is 163 Å². The number of likely N-dealkylation sites (tertiary alicyclic amines) is 1. The van der Waals surface area contributed by atoms with E-state index in [4.69, 9.17) is 4.98 Å². The van der Waals surface area contributed by atoms with Gasteiger partial charge in [0.2, 0.25) is 5.95 Å². The van der Waals surface area contributed by atoms with Crippen molar-refractivity contribution in [2.24, 2.45) is 0 Å². The van der Waals surface area contributed by atoms with E-state index in [9.17, 15) is 0 Å². The first kappa shape index (κ1) is 17.0. The molecule has 0 atom stereocenters. The van der Waals surface area contributed by atoms with Crippen LogP contribution in [-0.2, 0) is 0 Å². The summed E-state index contributed by atoms with van der Waals surface area (Å²) in [6.07, 6.45) is 11.0. The molecule has 148 valence electrons. The topological polar surface area (TPSA) is 73.0 Å². The van der Waals surface area contributed by atoms with E-state index in [1.807, 2.05) is 12.3 Å². The first-order chi connectivity index (χ1) is 13.3. The Balaban J connectivity index is 0.00000120. The van der Waals surface area contributed by atoms with Crippen molar-refractivity contribution in [3.05, 3.63) is 24.0 Å². The minimum atomic E-state index is 0. The zero-order valence-corrected chi connectivity index (χ0v) is 15.9. The molecule has 2 aromatic rings. The Kier molecular flexibility index (Phi) is 4.69. The maximum Gasteiger partial charge on any atom is 0.227 e. The van der Waals surface area contributed by atoms with Crippen molar-refractivity contribution in [1.82, 2.24) is 25.1 Å². The molecule has 3 fully saturated rings. The molecule has 0 amide bonds. The normalized spacial score (nSPS) is 22.1. The van der Waals surface area contributed by atoms with Gasteiger partial charge in [-0.25, -0.2) is 4.98 Å². The molecule has 5 rings (SSSR count). The predicted octanol–water partition coefficient (Wildman–Crippen LogP) is 3.77. The molecule has 2 saturated heterocycles. The average molecular weight is 372 g/mol. The maximum absolute atomic E-state index is 4.74. The number of anilines is 3. The smallest absolute Gasteiger partial charge is 0.227 e. The fraction of sp³-hybridized carbons (Fsp3) is 0.650. The summed E-state index contributed by atoms with van der Waals surface area (Å²) in [5.41, 5.74) is 1.23. The van der Waals surface area contributed by atoms with Gasteiger partial charge in [0.25, 0.3) is 0 Å². The standard InChI is InChI=1S/C20H29N7.2H2/c1-2-10-26(11-3-1)16-7-12-27(13-8-16)20-21-9-6-18(23-20)22-19-14-17(24-25-19)15-4-5-15;;/h6,9,14-16H,1-5,7-8,10-13H2,(H2,21,22,23,24,25);2*1H. The zero-order chi connectivity index (χ0) is 18.1. The summed E-state index contributed by atoms with van der Waals surface area (Å²) in [6.45, 7) is 4.65. The van der Waals surface area contributed by atoms with Gasteiger partial charge in [0.1, 0.15) is 5.82 Å². The lowest BCUT2D eigenvalue weighted by Crippen LogP contribution is -2.47. The molecule has 2 aromatic heterocycles. The van der Waals surface area contributed by atoms with E-state index in [0.29, 0.717) is 5.92 Å². The van der Waals surface area contributed by atoms with Gasteiger partial charge in [-0.2, -0.15) is 10.1 Å². The van der Waals surface area contributed by atoms with Crippen LogP contribution >= 0.6 is 0 Å².